The van der Waals surface area contributed by atoms with Crippen LogP contribution in [0.4, 0.5) is 0 Å². The van der Waals surface area contributed by atoms with E-state index in [2.05, 4.69) is 5.32 Å². The Morgan fingerprint density at radius 2 is 1.82 bits per heavy atom. The third-order valence-electron chi connectivity index (χ3n) is 3.22. The van der Waals surface area contributed by atoms with E-state index in [4.69, 9.17) is 4.74 Å². The van der Waals surface area contributed by atoms with Crippen LogP contribution in [-0.2, 0) is 16.1 Å². The Kier molecular flexibility index (Phi) is 5.31. The van der Waals surface area contributed by atoms with Crippen LogP contribution in [0.15, 0.2) is 54.6 Å². The number of carbonyl (C=O) groups excluding carboxylic acids is 2. The van der Waals surface area contributed by atoms with Crippen LogP contribution in [-0.4, -0.2) is 18.0 Å². The van der Waals surface area contributed by atoms with E-state index in [1.54, 1.807) is 25.1 Å². The summed E-state index contributed by atoms with van der Waals surface area (Å²) in [7, 11) is 0. The molecule has 22 heavy (non-hydrogen) atoms. The van der Waals surface area contributed by atoms with Gasteiger partial charge in [0.05, 0.1) is 5.56 Å². The topological polar surface area (TPSA) is 55.4 Å². The first-order valence-corrected chi connectivity index (χ1v) is 7.15. The van der Waals surface area contributed by atoms with Crippen LogP contribution in [0.3, 0.4) is 0 Å². The highest BCUT2D eigenvalue weighted by Gasteiger charge is 2.18. The molecule has 1 amide bonds. The molecule has 0 spiro atoms. The van der Waals surface area contributed by atoms with E-state index in [0.717, 1.165) is 11.1 Å². The molecule has 2 aromatic rings. The Morgan fingerprint density at radius 1 is 1.09 bits per heavy atom. The second-order valence-corrected chi connectivity index (χ2v) is 5.12. The zero-order valence-corrected chi connectivity index (χ0v) is 12.7. The van der Waals surface area contributed by atoms with Gasteiger partial charge in [-0.2, -0.15) is 0 Å². The number of benzene rings is 2. The van der Waals surface area contributed by atoms with Crippen molar-refractivity contribution >= 4 is 11.9 Å². The molecular weight excluding hydrogens is 278 g/mol. The summed E-state index contributed by atoms with van der Waals surface area (Å²) in [5, 5.41) is 2.75. The number of aryl methyl sites for hydroxylation is 1. The van der Waals surface area contributed by atoms with Crippen LogP contribution in [0.2, 0.25) is 0 Å². The van der Waals surface area contributed by atoms with E-state index in [9.17, 15) is 9.59 Å². The Morgan fingerprint density at radius 3 is 2.50 bits per heavy atom. The SMILES string of the molecule is Cc1cccc(C(=O)O[C@@H](C)C(=O)NCc2ccccc2)c1. The number of esters is 1. The number of hydrogen-bond acceptors (Lipinski definition) is 3. The lowest BCUT2D eigenvalue weighted by Gasteiger charge is -2.13. The van der Waals surface area contributed by atoms with Crippen LogP contribution in [0.1, 0.15) is 28.4 Å². The third kappa shape index (κ3) is 4.45. The smallest absolute Gasteiger partial charge is 0.338 e. The molecule has 0 radical (unpaired) electrons. The Labute approximate surface area is 130 Å². The predicted molar refractivity (Wildman–Crippen MR) is 84.3 cm³/mol. The quantitative estimate of drug-likeness (QED) is 0.863. The molecule has 1 N–H and O–H groups in total. The summed E-state index contributed by atoms with van der Waals surface area (Å²) < 4.78 is 5.19. The lowest BCUT2D eigenvalue weighted by molar-refractivity contribution is -0.129. The standard InChI is InChI=1S/C18H19NO3/c1-13-7-6-10-16(11-13)18(21)22-14(2)17(20)19-12-15-8-4-3-5-9-15/h3-11,14H,12H2,1-2H3,(H,19,20)/t14-/m0/s1. The van der Waals surface area contributed by atoms with Gasteiger partial charge >= 0.3 is 5.97 Å². The van der Waals surface area contributed by atoms with Crippen molar-refractivity contribution in [2.45, 2.75) is 26.5 Å². The van der Waals surface area contributed by atoms with Crippen LogP contribution < -0.4 is 5.32 Å². The first-order valence-electron chi connectivity index (χ1n) is 7.15. The average Bonchev–Trinajstić information content (AvgIpc) is 2.53. The largest absolute Gasteiger partial charge is 0.449 e. The van der Waals surface area contributed by atoms with Gasteiger partial charge in [-0.25, -0.2) is 4.79 Å². The summed E-state index contributed by atoms with van der Waals surface area (Å²) in [6, 6.07) is 16.6. The van der Waals surface area contributed by atoms with Crippen LogP contribution in [0.25, 0.3) is 0 Å². The second kappa shape index (κ2) is 7.41. The van der Waals surface area contributed by atoms with E-state index in [1.807, 2.05) is 43.3 Å². The highest BCUT2D eigenvalue weighted by atomic mass is 16.5. The Hall–Kier alpha value is -2.62. The fourth-order valence-corrected chi connectivity index (χ4v) is 1.98. The maximum absolute atomic E-state index is 12.0. The molecule has 0 aliphatic carbocycles. The Bertz CT molecular complexity index is 652. The van der Waals surface area contributed by atoms with Gasteiger partial charge in [-0.3, -0.25) is 4.79 Å². The molecule has 0 aliphatic rings. The monoisotopic (exact) mass is 297 g/mol. The second-order valence-electron chi connectivity index (χ2n) is 5.12. The van der Waals surface area contributed by atoms with Crippen molar-refractivity contribution in [3.63, 3.8) is 0 Å². The summed E-state index contributed by atoms with van der Waals surface area (Å²) in [6.07, 6.45) is -0.836. The number of amides is 1. The summed E-state index contributed by atoms with van der Waals surface area (Å²) in [4.78, 5) is 23.9. The van der Waals surface area contributed by atoms with Gasteiger partial charge in [0.15, 0.2) is 6.10 Å². The van der Waals surface area contributed by atoms with Gasteiger partial charge in [-0.1, -0.05) is 48.0 Å². The Balaban J connectivity index is 1.87. The van der Waals surface area contributed by atoms with Crippen molar-refractivity contribution in [2.24, 2.45) is 0 Å². The molecule has 0 fully saturated rings. The average molecular weight is 297 g/mol. The molecular formula is C18H19NO3. The zero-order chi connectivity index (χ0) is 15.9. The first-order chi connectivity index (χ1) is 10.6. The number of ether oxygens (including phenoxy) is 1. The number of rotatable bonds is 5. The molecule has 2 rings (SSSR count). The normalized spacial score (nSPS) is 11.5. The van der Waals surface area contributed by atoms with Gasteiger partial charge in [-0.15, -0.1) is 0 Å². The highest BCUT2D eigenvalue weighted by Crippen LogP contribution is 2.07. The summed E-state index contributed by atoms with van der Waals surface area (Å²) in [5.41, 5.74) is 2.41. The fraction of sp³-hybridized carbons (Fsp3) is 0.222. The molecule has 0 aliphatic heterocycles. The first kappa shape index (κ1) is 15.8. The van der Waals surface area contributed by atoms with Crippen molar-refractivity contribution in [3.8, 4) is 0 Å². The van der Waals surface area contributed by atoms with E-state index in [1.165, 1.54) is 0 Å². The van der Waals surface area contributed by atoms with Gasteiger partial charge in [0.25, 0.3) is 5.91 Å². The van der Waals surface area contributed by atoms with Crippen molar-refractivity contribution in [3.05, 3.63) is 71.3 Å². The zero-order valence-electron chi connectivity index (χ0n) is 12.7. The molecule has 114 valence electrons. The van der Waals surface area contributed by atoms with E-state index >= 15 is 0 Å². The molecule has 0 saturated heterocycles. The van der Waals surface area contributed by atoms with E-state index < -0.39 is 12.1 Å². The van der Waals surface area contributed by atoms with Crippen LogP contribution in [0.5, 0.6) is 0 Å². The molecule has 1 atom stereocenters. The molecule has 0 saturated carbocycles. The van der Waals surface area contributed by atoms with Gasteiger partial charge < -0.3 is 10.1 Å². The predicted octanol–water partition coefficient (Wildman–Crippen LogP) is 2.86. The number of carbonyl (C=O) groups is 2. The minimum atomic E-state index is -0.836. The van der Waals surface area contributed by atoms with Gasteiger partial charge in [-0.05, 0) is 31.5 Å². The fourth-order valence-electron chi connectivity index (χ4n) is 1.98. The maximum atomic E-state index is 12.0. The lowest BCUT2D eigenvalue weighted by Crippen LogP contribution is -2.35. The third-order valence-corrected chi connectivity index (χ3v) is 3.22. The molecule has 0 aromatic heterocycles. The van der Waals surface area contributed by atoms with Gasteiger partial charge in [0, 0.05) is 6.54 Å². The van der Waals surface area contributed by atoms with E-state index in [0.29, 0.717) is 12.1 Å². The minimum Gasteiger partial charge on any atom is -0.449 e. The molecule has 0 bridgehead atoms. The van der Waals surface area contributed by atoms with Crippen molar-refractivity contribution in [1.29, 1.82) is 0 Å². The summed E-state index contributed by atoms with van der Waals surface area (Å²) in [5.74, 6) is -0.809. The summed E-state index contributed by atoms with van der Waals surface area (Å²) >= 11 is 0. The van der Waals surface area contributed by atoms with Crippen molar-refractivity contribution in [1.82, 2.24) is 5.32 Å². The highest BCUT2D eigenvalue weighted by molar-refractivity contribution is 5.92. The van der Waals surface area contributed by atoms with Gasteiger partial charge in [0.2, 0.25) is 0 Å². The van der Waals surface area contributed by atoms with Crippen LogP contribution in [0, 0.1) is 6.92 Å². The number of hydrogen-bond donors (Lipinski definition) is 1. The van der Waals surface area contributed by atoms with Crippen molar-refractivity contribution < 1.29 is 14.3 Å². The molecule has 0 heterocycles. The summed E-state index contributed by atoms with van der Waals surface area (Å²) in [6.45, 7) is 3.87. The molecule has 4 nitrogen and oxygen atoms in total. The van der Waals surface area contributed by atoms with Crippen molar-refractivity contribution in [2.75, 3.05) is 0 Å². The van der Waals surface area contributed by atoms with Crippen LogP contribution >= 0.6 is 0 Å². The van der Waals surface area contributed by atoms with Gasteiger partial charge in [0.1, 0.15) is 0 Å². The van der Waals surface area contributed by atoms with E-state index in [-0.39, 0.29) is 5.91 Å². The minimum absolute atomic E-state index is 0.315. The molecule has 4 heteroatoms. The number of nitrogens with one attached hydrogen (secondary N) is 1. The maximum Gasteiger partial charge on any atom is 0.338 e. The lowest BCUT2D eigenvalue weighted by atomic mass is 10.1. The molecule has 2 aromatic carbocycles. The molecule has 0 unspecified atom stereocenters.